The molecule has 47 heavy (non-hydrogen) atoms. The number of unbranched alkanes of at least 4 members (excludes halogenated alkanes) is 2. The van der Waals surface area contributed by atoms with Gasteiger partial charge in [-0.1, -0.05) is 25.3 Å². The summed E-state index contributed by atoms with van der Waals surface area (Å²) < 4.78 is 26.8. The Labute approximate surface area is 275 Å². The van der Waals surface area contributed by atoms with E-state index in [1.54, 1.807) is 37.6 Å². The van der Waals surface area contributed by atoms with Crippen molar-refractivity contribution < 1.29 is 38.1 Å². The van der Waals surface area contributed by atoms with Crippen molar-refractivity contribution in [1.29, 1.82) is 0 Å². The second-order valence-electron chi connectivity index (χ2n) is 9.96. The van der Waals surface area contributed by atoms with E-state index in [4.69, 9.17) is 23.7 Å². The number of nitrogens with zero attached hydrogens (tertiary/aromatic N) is 1. The third-order valence-electron chi connectivity index (χ3n) is 6.42. The first-order valence-electron chi connectivity index (χ1n) is 15.2. The van der Waals surface area contributed by atoms with Crippen LogP contribution >= 0.6 is 0 Å². The average molecular weight is 641 g/mol. The van der Waals surface area contributed by atoms with Crippen molar-refractivity contribution >= 4 is 41.5 Å². The maximum atomic E-state index is 12.6. The quantitative estimate of drug-likeness (QED) is 0.0615. The third kappa shape index (κ3) is 13.9. The molecule has 0 aliphatic rings. The van der Waals surface area contributed by atoms with Crippen LogP contribution in [0.3, 0.4) is 0 Å². The molecule has 3 rings (SSSR count). The summed E-state index contributed by atoms with van der Waals surface area (Å²) in [5.74, 6) is 0.815. The molecule has 0 bridgehead atoms. The summed E-state index contributed by atoms with van der Waals surface area (Å²) in [4.78, 5) is 39.1. The van der Waals surface area contributed by atoms with E-state index < -0.39 is 11.9 Å². The van der Waals surface area contributed by atoms with Crippen LogP contribution in [0, 0.1) is 0 Å². The zero-order valence-electron chi connectivity index (χ0n) is 26.5. The van der Waals surface area contributed by atoms with E-state index in [1.807, 2.05) is 48.5 Å². The topological polar surface area (TPSA) is 122 Å². The molecule has 3 aromatic carbocycles. The van der Waals surface area contributed by atoms with E-state index in [1.165, 1.54) is 6.08 Å². The van der Waals surface area contributed by atoms with Crippen LogP contribution in [0.2, 0.25) is 0 Å². The minimum absolute atomic E-state index is 0.292. The van der Waals surface area contributed by atoms with Gasteiger partial charge in [0, 0.05) is 36.2 Å². The number of aliphatic imine (C=N–C) groups is 1. The number of ether oxygens (including phenoxy) is 5. The molecule has 1 N–H and O–H groups in total. The fourth-order valence-electron chi connectivity index (χ4n) is 3.94. The Bertz CT molecular complexity index is 1530. The molecule has 3 aromatic rings. The molecule has 10 heteroatoms. The van der Waals surface area contributed by atoms with E-state index >= 15 is 0 Å². The zero-order valence-corrected chi connectivity index (χ0v) is 26.5. The highest BCUT2D eigenvalue weighted by Crippen LogP contribution is 2.30. The highest BCUT2D eigenvalue weighted by atomic mass is 16.5. The van der Waals surface area contributed by atoms with Crippen LogP contribution in [0.25, 0.3) is 6.08 Å². The zero-order chi connectivity index (χ0) is 33.7. The van der Waals surface area contributed by atoms with Crippen LogP contribution in [0.1, 0.15) is 36.8 Å². The maximum absolute atomic E-state index is 12.6. The Morgan fingerprint density at radius 2 is 1.26 bits per heavy atom. The normalized spacial score (nSPS) is 10.7. The number of amides is 1. The van der Waals surface area contributed by atoms with Crippen molar-refractivity contribution in [2.75, 3.05) is 38.9 Å². The van der Waals surface area contributed by atoms with Crippen LogP contribution in [-0.4, -0.2) is 57.6 Å². The Morgan fingerprint density at radius 1 is 0.723 bits per heavy atom. The molecule has 10 nitrogen and oxygen atoms in total. The molecule has 246 valence electrons. The Balaban J connectivity index is 1.42. The molecule has 0 saturated heterocycles. The van der Waals surface area contributed by atoms with Gasteiger partial charge in [-0.2, -0.15) is 0 Å². The van der Waals surface area contributed by atoms with Gasteiger partial charge in [-0.15, -0.1) is 0 Å². The number of hydrogen-bond acceptors (Lipinski definition) is 9. The van der Waals surface area contributed by atoms with Crippen LogP contribution in [0.15, 0.2) is 103 Å². The summed E-state index contributed by atoms with van der Waals surface area (Å²) in [5.41, 5.74) is 2.90. The fourth-order valence-corrected chi connectivity index (χ4v) is 3.94. The summed E-state index contributed by atoms with van der Waals surface area (Å²) in [6.07, 6.45) is 10.1. The summed E-state index contributed by atoms with van der Waals surface area (Å²) in [6, 6.07) is 20.1. The maximum Gasteiger partial charge on any atom is 0.330 e. The SMILES string of the molecule is C=CC(=O)OCCCCOc1ccc(C=Nc2ccc(NC(=O)/C=C/c3ccc(OCCCCOC(=O)C=C)cc3)cc2OC)cc1. The van der Waals surface area contributed by atoms with Crippen LogP contribution in [0.4, 0.5) is 11.4 Å². The molecule has 0 radical (unpaired) electrons. The minimum atomic E-state index is -0.426. The molecule has 1 amide bonds. The van der Waals surface area contributed by atoms with E-state index in [0.29, 0.717) is 62.1 Å². The highest BCUT2D eigenvalue weighted by molar-refractivity contribution is 6.02. The fraction of sp³-hybridized carbons (Fsp3) is 0.243. The molecule has 0 heterocycles. The van der Waals surface area contributed by atoms with E-state index in [0.717, 1.165) is 41.9 Å². The molecular formula is C37H40N2O8. The number of carbonyl (C=O) groups excluding carboxylic acids is 3. The second-order valence-corrected chi connectivity index (χ2v) is 9.96. The molecule has 0 aliphatic heterocycles. The van der Waals surface area contributed by atoms with Crippen molar-refractivity contribution in [2.45, 2.75) is 25.7 Å². The number of carbonyl (C=O) groups is 3. The lowest BCUT2D eigenvalue weighted by Crippen LogP contribution is -2.07. The van der Waals surface area contributed by atoms with Gasteiger partial charge in [0.2, 0.25) is 5.91 Å². The van der Waals surface area contributed by atoms with E-state index in [9.17, 15) is 14.4 Å². The average Bonchev–Trinajstić information content (AvgIpc) is 3.10. The van der Waals surface area contributed by atoms with Crippen LogP contribution < -0.4 is 19.5 Å². The molecule has 0 aliphatic carbocycles. The van der Waals surface area contributed by atoms with Crippen molar-refractivity contribution in [3.8, 4) is 17.2 Å². The van der Waals surface area contributed by atoms with E-state index in [-0.39, 0.29) is 5.91 Å². The monoisotopic (exact) mass is 640 g/mol. The van der Waals surface area contributed by atoms with Crippen molar-refractivity contribution in [3.63, 3.8) is 0 Å². The largest absolute Gasteiger partial charge is 0.494 e. The Morgan fingerprint density at radius 3 is 1.79 bits per heavy atom. The lowest BCUT2D eigenvalue weighted by molar-refractivity contribution is -0.138. The second kappa shape index (κ2) is 20.4. The lowest BCUT2D eigenvalue weighted by Gasteiger charge is -2.08. The van der Waals surface area contributed by atoms with Gasteiger partial charge in [-0.05, 0) is 91.4 Å². The molecule has 0 aromatic heterocycles. The molecule has 0 spiro atoms. The first kappa shape index (κ1) is 35.8. The van der Waals surface area contributed by atoms with Gasteiger partial charge in [0.25, 0.3) is 0 Å². The number of esters is 2. The number of hydrogen-bond donors (Lipinski definition) is 1. The first-order chi connectivity index (χ1) is 22.9. The number of nitrogens with one attached hydrogen (secondary N) is 1. The number of rotatable bonds is 20. The Hall–Kier alpha value is -5.64. The predicted molar refractivity (Wildman–Crippen MR) is 183 cm³/mol. The van der Waals surface area contributed by atoms with Gasteiger partial charge in [0.15, 0.2) is 0 Å². The van der Waals surface area contributed by atoms with Gasteiger partial charge in [-0.25, -0.2) is 9.59 Å². The van der Waals surface area contributed by atoms with E-state index in [2.05, 4.69) is 23.5 Å². The third-order valence-corrected chi connectivity index (χ3v) is 6.42. The summed E-state index contributed by atoms with van der Waals surface area (Å²) in [7, 11) is 1.55. The summed E-state index contributed by atoms with van der Waals surface area (Å²) in [6.45, 7) is 8.40. The highest BCUT2D eigenvalue weighted by Gasteiger charge is 2.06. The standard InChI is InChI=1S/C37H40N2O8/c1-4-36(41)46-24-8-6-22-44-31-16-10-28(11-17-31)14-21-35(40)39-30-15-20-33(34(26-30)43-3)38-27-29-12-18-32(19-13-29)45-23-7-9-25-47-37(42)5-2/h4-5,10-21,26-27H,1-2,6-9,22-25H2,3H3,(H,39,40)/b21-14+,38-27?. The first-order valence-corrected chi connectivity index (χ1v) is 15.2. The lowest BCUT2D eigenvalue weighted by atomic mass is 10.2. The molecule has 0 saturated carbocycles. The van der Waals surface area contributed by atoms with Crippen molar-refractivity contribution in [1.82, 2.24) is 0 Å². The predicted octanol–water partition coefficient (Wildman–Crippen LogP) is 6.87. The van der Waals surface area contributed by atoms with Crippen molar-refractivity contribution in [3.05, 3.63) is 109 Å². The minimum Gasteiger partial charge on any atom is -0.494 e. The van der Waals surface area contributed by atoms with Gasteiger partial charge >= 0.3 is 11.9 Å². The van der Waals surface area contributed by atoms with Gasteiger partial charge in [0.1, 0.15) is 22.9 Å². The Kier molecular flexibility index (Phi) is 15.6. The smallest absolute Gasteiger partial charge is 0.330 e. The molecular weight excluding hydrogens is 600 g/mol. The summed E-state index contributed by atoms with van der Waals surface area (Å²) >= 11 is 0. The van der Waals surface area contributed by atoms with Crippen molar-refractivity contribution in [2.24, 2.45) is 4.99 Å². The number of methoxy groups -OCH3 is 1. The summed E-state index contributed by atoms with van der Waals surface area (Å²) in [5, 5.41) is 2.84. The number of anilines is 1. The number of benzene rings is 3. The van der Waals surface area contributed by atoms with Gasteiger partial charge in [0.05, 0.1) is 33.5 Å². The van der Waals surface area contributed by atoms with Gasteiger partial charge < -0.3 is 29.0 Å². The van der Waals surface area contributed by atoms with Crippen LogP contribution in [-0.2, 0) is 23.9 Å². The van der Waals surface area contributed by atoms with Crippen LogP contribution in [0.5, 0.6) is 17.2 Å². The molecule has 0 fully saturated rings. The van der Waals surface area contributed by atoms with Gasteiger partial charge in [-0.3, -0.25) is 9.79 Å². The molecule has 0 atom stereocenters. The molecule has 0 unspecified atom stereocenters.